The third-order valence-corrected chi connectivity index (χ3v) is 7.08. The van der Waals surface area contributed by atoms with Crippen molar-refractivity contribution in [1.82, 2.24) is 9.62 Å². The van der Waals surface area contributed by atoms with E-state index in [1.165, 1.54) is 29.8 Å². The summed E-state index contributed by atoms with van der Waals surface area (Å²) in [4.78, 5) is 15.6. The van der Waals surface area contributed by atoms with Crippen molar-refractivity contribution in [3.05, 3.63) is 59.4 Å². The van der Waals surface area contributed by atoms with Gasteiger partial charge in [0.1, 0.15) is 22.6 Å². The summed E-state index contributed by atoms with van der Waals surface area (Å²) < 4.78 is 33.9. The zero-order valence-corrected chi connectivity index (χ0v) is 17.2. The minimum absolute atomic E-state index is 0.0703. The average molecular weight is 417 g/mol. The highest BCUT2D eigenvalue weighted by Crippen LogP contribution is 2.37. The van der Waals surface area contributed by atoms with Gasteiger partial charge >= 0.3 is 0 Å². The van der Waals surface area contributed by atoms with Crippen LogP contribution in [-0.4, -0.2) is 41.3 Å². The van der Waals surface area contributed by atoms with E-state index in [0.29, 0.717) is 18.0 Å². The lowest BCUT2D eigenvalue weighted by Crippen LogP contribution is -2.46. The van der Waals surface area contributed by atoms with Gasteiger partial charge in [-0.2, -0.15) is 0 Å². The van der Waals surface area contributed by atoms with Gasteiger partial charge in [0.15, 0.2) is 0 Å². The summed E-state index contributed by atoms with van der Waals surface area (Å²) in [7, 11) is 0.259. The quantitative estimate of drug-likeness (QED) is 0.815. The first kappa shape index (κ1) is 20.0. The van der Waals surface area contributed by atoms with Gasteiger partial charge in [-0.1, -0.05) is 6.07 Å². The lowest BCUT2D eigenvalue weighted by molar-refractivity contribution is -0.133. The molecule has 0 bridgehead atoms. The number of ether oxygens (including phenoxy) is 1. The molecule has 0 spiro atoms. The van der Waals surface area contributed by atoms with E-state index in [-0.39, 0.29) is 23.7 Å². The number of halogens is 1. The molecular formula is C22H25FN2O3S. The number of likely N-dealkylation sites (tertiary alicyclic amines) is 1. The average Bonchev–Trinajstić information content (AvgIpc) is 3.17. The first-order valence-corrected chi connectivity index (χ1v) is 11.1. The number of piperidine rings is 1. The van der Waals surface area contributed by atoms with E-state index in [9.17, 15) is 13.4 Å². The first-order valence-electron chi connectivity index (χ1n) is 9.94. The Morgan fingerprint density at radius 2 is 1.86 bits per heavy atom. The molecule has 0 radical (unpaired) electrons. The van der Waals surface area contributed by atoms with Crippen LogP contribution in [0.25, 0.3) is 0 Å². The van der Waals surface area contributed by atoms with Gasteiger partial charge in [-0.05, 0) is 73.2 Å². The van der Waals surface area contributed by atoms with Gasteiger partial charge < -0.3 is 9.64 Å². The standard InChI is InChI=1S/C22H25FN2O3S/c1-28-18-6-2-15-3-9-20(21(15)14-18)22(26)25-12-10-17(11-13-25)24-29(27)19-7-4-16(23)5-8-19/h2,4-8,14,17,20,24H,3,9-13H2,1H3. The second-order valence-corrected chi connectivity index (χ2v) is 8.84. The van der Waals surface area contributed by atoms with Gasteiger partial charge in [0.05, 0.1) is 17.9 Å². The summed E-state index contributed by atoms with van der Waals surface area (Å²) in [5, 5.41) is 0. The minimum Gasteiger partial charge on any atom is -0.497 e. The zero-order chi connectivity index (χ0) is 20.4. The Labute approximate surface area is 172 Å². The molecule has 2 atom stereocenters. The van der Waals surface area contributed by atoms with Gasteiger partial charge in [-0.25, -0.2) is 13.3 Å². The number of aryl methyl sites for hydroxylation is 1. The SMILES string of the molecule is COc1ccc2c(c1)C(C(=O)N1CCC(NS(=O)c3ccc(F)cc3)CC1)CC2. The van der Waals surface area contributed by atoms with Crippen molar-refractivity contribution in [2.24, 2.45) is 0 Å². The fourth-order valence-corrected chi connectivity index (χ4v) is 5.24. The Hall–Kier alpha value is -2.25. The van der Waals surface area contributed by atoms with Crippen LogP contribution in [0.5, 0.6) is 5.75 Å². The Bertz CT molecular complexity index is 911. The van der Waals surface area contributed by atoms with E-state index in [2.05, 4.69) is 10.8 Å². The molecule has 5 nitrogen and oxygen atoms in total. The number of benzene rings is 2. The van der Waals surface area contributed by atoms with Gasteiger partial charge in [-0.3, -0.25) is 4.79 Å². The molecule has 1 heterocycles. The lowest BCUT2D eigenvalue weighted by Gasteiger charge is -2.34. The topological polar surface area (TPSA) is 58.6 Å². The Morgan fingerprint density at radius 3 is 2.55 bits per heavy atom. The van der Waals surface area contributed by atoms with Crippen LogP contribution in [-0.2, 0) is 22.2 Å². The van der Waals surface area contributed by atoms with Gasteiger partial charge in [0, 0.05) is 19.1 Å². The number of carbonyl (C=O) groups is 1. The Morgan fingerprint density at radius 1 is 1.14 bits per heavy atom. The number of hydrogen-bond donors (Lipinski definition) is 1. The smallest absolute Gasteiger partial charge is 0.230 e. The predicted molar refractivity (Wildman–Crippen MR) is 110 cm³/mol. The van der Waals surface area contributed by atoms with Crippen molar-refractivity contribution in [3.8, 4) is 5.75 Å². The molecule has 29 heavy (non-hydrogen) atoms. The molecular weight excluding hydrogens is 391 g/mol. The third-order valence-electron chi connectivity index (χ3n) is 5.84. The Balaban J connectivity index is 1.34. The Kier molecular flexibility index (Phi) is 5.96. The van der Waals surface area contributed by atoms with E-state index in [1.807, 2.05) is 17.0 Å². The second kappa shape index (κ2) is 8.63. The molecule has 1 saturated heterocycles. The molecule has 1 aliphatic heterocycles. The summed E-state index contributed by atoms with van der Waals surface area (Å²) in [6, 6.07) is 11.7. The molecule has 2 unspecified atom stereocenters. The summed E-state index contributed by atoms with van der Waals surface area (Å²) in [6.07, 6.45) is 3.26. The van der Waals surface area contributed by atoms with Crippen molar-refractivity contribution in [1.29, 1.82) is 0 Å². The molecule has 1 N–H and O–H groups in total. The van der Waals surface area contributed by atoms with E-state index in [4.69, 9.17) is 4.74 Å². The third kappa shape index (κ3) is 4.36. The van der Waals surface area contributed by atoms with Crippen molar-refractivity contribution in [3.63, 3.8) is 0 Å². The highest BCUT2D eigenvalue weighted by molar-refractivity contribution is 7.83. The number of nitrogens with one attached hydrogen (secondary N) is 1. The summed E-state index contributed by atoms with van der Waals surface area (Å²) in [5.41, 5.74) is 2.32. The van der Waals surface area contributed by atoms with Gasteiger partial charge in [-0.15, -0.1) is 0 Å². The van der Waals surface area contributed by atoms with E-state index >= 15 is 0 Å². The molecule has 0 saturated carbocycles. The van der Waals surface area contributed by atoms with Crippen LogP contribution < -0.4 is 9.46 Å². The number of rotatable bonds is 5. The van der Waals surface area contributed by atoms with E-state index in [0.717, 1.165) is 37.0 Å². The predicted octanol–water partition coefficient (Wildman–Crippen LogP) is 3.17. The number of hydrogen-bond acceptors (Lipinski definition) is 3. The number of methoxy groups -OCH3 is 1. The first-order chi connectivity index (χ1) is 14.0. The van der Waals surface area contributed by atoms with Gasteiger partial charge in [0.25, 0.3) is 0 Å². The van der Waals surface area contributed by atoms with Crippen LogP contribution in [0, 0.1) is 5.82 Å². The molecule has 7 heteroatoms. The monoisotopic (exact) mass is 416 g/mol. The largest absolute Gasteiger partial charge is 0.497 e. The number of nitrogens with zero attached hydrogens (tertiary/aromatic N) is 1. The summed E-state index contributed by atoms with van der Waals surface area (Å²) in [6.45, 7) is 1.29. The van der Waals surface area contributed by atoms with Crippen LogP contribution in [0.4, 0.5) is 4.39 Å². The molecule has 1 aliphatic carbocycles. The zero-order valence-electron chi connectivity index (χ0n) is 16.4. The maximum atomic E-state index is 13.1. The van der Waals surface area contributed by atoms with Crippen molar-refractivity contribution >= 4 is 16.9 Å². The van der Waals surface area contributed by atoms with Crippen molar-refractivity contribution < 1.29 is 18.1 Å². The molecule has 1 fully saturated rings. The van der Waals surface area contributed by atoms with Crippen LogP contribution in [0.15, 0.2) is 47.4 Å². The summed E-state index contributed by atoms with van der Waals surface area (Å²) in [5.74, 6) is 0.520. The van der Waals surface area contributed by atoms with Crippen LogP contribution >= 0.6 is 0 Å². The molecule has 2 aromatic rings. The molecule has 4 rings (SSSR count). The van der Waals surface area contributed by atoms with Crippen LogP contribution in [0.2, 0.25) is 0 Å². The normalized spacial score (nSPS) is 20.3. The number of amides is 1. The van der Waals surface area contributed by atoms with Gasteiger partial charge in [0.2, 0.25) is 5.91 Å². The number of fused-ring (bicyclic) bond motifs is 1. The van der Waals surface area contributed by atoms with Crippen LogP contribution in [0.1, 0.15) is 36.3 Å². The van der Waals surface area contributed by atoms with Crippen LogP contribution in [0.3, 0.4) is 0 Å². The van der Waals surface area contributed by atoms with E-state index < -0.39 is 11.0 Å². The lowest BCUT2D eigenvalue weighted by atomic mass is 9.97. The fraction of sp³-hybridized carbons (Fsp3) is 0.409. The minimum atomic E-state index is -1.38. The highest BCUT2D eigenvalue weighted by Gasteiger charge is 2.34. The number of carbonyl (C=O) groups excluding carboxylic acids is 1. The highest BCUT2D eigenvalue weighted by atomic mass is 32.2. The van der Waals surface area contributed by atoms with Crippen molar-refractivity contribution in [2.75, 3.05) is 20.2 Å². The summed E-state index contributed by atoms with van der Waals surface area (Å²) >= 11 is 0. The molecule has 2 aliphatic rings. The molecule has 154 valence electrons. The second-order valence-electron chi connectivity index (χ2n) is 7.60. The fourth-order valence-electron chi connectivity index (χ4n) is 4.18. The molecule has 1 amide bonds. The molecule has 2 aromatic carbocycles. The maximum absolute atomic E-state index is 13.1. The molecule has 0 aromatic heterocycles. The maximum Gasteiger partial charge on any atom is 0.230 e. The van der Waals surface area contributed by atoms with Crippen molar-refractivity contribution in [2.45, 2.75) is 42.5 Å². The van der Waals surface area contributed by atoms with E-state index in [1.54, 1.807) is 7.11 Å².